The van der Waals surface area contributed by atoms with Gasteiger partial charge in [0.25, 0.3) is 11.5 Å². The quantitative estimate of drug-likeness (QED) is 0.145. The maximum Gasteiger partial charge on any atom is 0.294 e. The highest BCUT2D eigenvalue weighted by Gasteiger charge is 2.26. The highest BCUT2D eigenvalue weighted by atomic mass is 16.3. The smallest absolute Gasteiger partial charge is 0.294 e. The van der Waals surface area contributed by atoms with E-state index in [1.54, 1.807) is 12.3 Å². The number of ketones is 1. The molecule has 1 N–H and O–H groups in total. The van der Waals surface area contributed by atoms with Crippen LogP contribution in [0.4, 0.5) is 5.69 Å². The molecule has 1 amide bonds. The lowest BCUT2D eigenvalue weighted by Crippen LogP contribution is -2.50. The number of amides is 1. The number of aliphatic hydroxyl groups is 1. The lowest BCUT2D eigenvalue weighted by Gasteiger charge is -2.35. The lowest BCUT2D eigenvalue weighted by molar-refractivity contribution is -0.142. The van der Waals surface area contributed by atoms with Gasteiger partial charge in [0, 0.05) is 62.2 Å². The van der Waals surface area contributed by atoms with Crippen molar-refractivity contribution >= 4 is 23.1 Å². The molecule has 8 nitrogen and oxygen atoms in total. The van der Waals surface area contributed by atoms with E-state index in [1.165, 1.54) is 9.47 Å². The highest BCUT2D eigenvalue weighted by molar-refractivity contribution is 6.41. The molecule has 1 fully saturated rings. The van der Waals surface area contributed by atoms with Crippen molar-refractivity contribution in [3.8, 4) is 5.69 Å². The predicted molar refractivity (Wildman–Crippen MR) is 176 cm³/mol. The lowest BCUT2D eigenvalue weighted by atomic mass is 10.0. The second-order valence-corrected chi connectivity index (χ2v) is 11.1. The van der Waals surface area contributed by atoms with Crippen LogP contribution in [0.1, 0.15) is 22.3 Å². The Morgan fingerprint density at radius 2 is 1.31 bits per heavy atom. The van der Waals surface area contributed by atoms with Gasteiger partial charge in [0.15, 0.2) is 0 Å². The zero-order valence-electron chi connectivity index (χ0n) is 24.8. The monoisotopic (exact) mass is 598 g/mol. The maximum absolute atomic E-state index is 13.5. The molecule has 1 aliphatic heterocycles. The molecular weight excluding hydrogens is 564 g/mol. The van der Waals surface area contributed by atoms with Gasteiger partial charge in [-0.3, -0.25) is 14.4 Å². The van der Waals surface area contributed by atoms with E-state index in [2.05, 4.69) is 17.0 Å². The minimum atomic E-state index is -0.862. The normalized spacial score (nSPS) is 13.6. The molecule has 0 aliphatic carbocycles. The molecule has 0 unspecified atom stereocenters. The molecule has 0 spiro atoms. The standard InChI is InChI=1S/C37H34N4O4/c42-34(33-24-30(23-28-9-3-1-4-10-28)27-41(36(33)44)26-29-11-5-2-6-12-29)25-35(43)37(45)40-21-19-39(20-22-40)32-15-13-31(14-16-32)38-17-7-8-18-38/h1-18,24-25,27,42H,19-23,26H2/b34-25+. The third-order valence-electron chi connectivity index (χ3n) is 8.03. The van der Waals surface area contributed by atoms with Gasteiger partial charge in [-0.1, -0.05) is 60.7 Å². The van der Waals surface area contributed by atoms with Gasteiger partial charge in [0.2, 0.25) is 5.78 Å². The number of aliphatic hydroxyl groups excluding tert-OH is 1. The summed E-state index contributed by atoms with van der Waals surface area (Å²) in [6.07, 6.45) is 7.17. The Hall–Kier alpha value is -5.63. The van der Waals surface area contributed by atoms with Crippen LogP contribution in [-0.4, -0.2) is 57.0 Å². The van der Waals surface area contributed by atoms with Crippen molar-refractivity contribution in [3.05, 3.63) is 160 Å². The Labute approximate surface area is 261 Å². The van der Waals surface area contributed by atoms with Gasteiger partial charge in [-0.15, -0.1) is 0 Å². The van der Waals surface area contributed by atoms with Crippen LogP contribution in [0.25, 0.3) is 11.4 Å². The Bertz CT molecular complexity index is 1850. The van der Waals surface area contributed by atoms with E-state index >= 15 is 0 Å². The van der Waals surface area contributed by atoms with E-state index in [9.17, 15) is 19.5 Å². The molecule has 3 heterocycles. The molecule has 2 aromatic heterocycles. The summed E-state index contributed by atoms with van der Waals surface area (Å²) in [6, 6.07) is 33.1. The minimum Gasteiger partial charge on any atom is -0.507 e. The fraction of sp³-hybridized carbons (Fsp3) is 0.162. The fourth-order valence-corrected chi connectivity index (χ4v) is 5.64. The molecule has 3 aromatic carbocycles. The summed E-state index contributed by atoms with van der Waals surface area (Å²) >= 11 is 0. The number of aromatic nitrogens is 2. The van der Waals surface area contributed by atoms with Crippen LogP contribution in [0.3, 0.4) is 0 Å². The zero-order valence-corrected chi connectivity index (χ0v) is 24.8. The van der Waals surface area contributed by atoms with Gasteiger partial charge in [0.05, 0.1) is 12.1 Å². The molecule has 45 heavy (non-hydrogen) atoms. The third-order valence-corrected chi connectivity index (χ3v) is 8.03. The highest BCUT2D eigenvalue weighted by Crippen LogP contribution is 2.20. The summed E-state index contributed by atoms with van der Waals surface area (Å²) in [7, 11) is 0. The molecule has 5 aromatic rings. The molecule has 0 radical (unpaired) electrons. The summed E-state index contributed by atoms with van der Waals surface area (Å²) in [5, 5.41) is 11.0. The first-order valence-electron chi connectivity index (χ1n) is 15.0. The number of benzene rings is 3. The second-order valence-electron chi connectivity index (χ2n) is 11.1. The summed E-state index contributed by atoms with van der Waals surface area (Å²) < 4.78 is 3.57. The number of pyridine rings is 1. The van der Waals surface area contributed by atoms with Gasteiger partial charge in [-0.25, -0.2) is 0 Å². The van der Waals surface area contributed by atoms with Gasteiger partial charge in [-0.05, 0) is 65.6 Å². The molecule has 226 valence electrons. The number of hydrogen-bond acceptors (Lipinski definition) is 5. The van der Waals surface area contributed by atoms with Gasteiger partial charge in [-0.2, -0.15) is 0 Å². The van der Waals surface area contributed by atoms with Crippen LogP contribution in [-0.2, 0) is 22.6 Å². The zero-order chi connectivity index (χ0) is 31.2. The van der Waals surface area contributed by atoms with Crippen LogP contribution in [0, 0.1) is 0 Å². The van der Waals surface area contributed by atoms with Crippen LogP contribution in [0.2, 0.25) is 0 Å². The van der Waals surface area contributed by atoms with E-state index in [-0.39, 0.29) is 5.56 Å². The van der Waals surface area contributed by atoms with Crippen molar-refractivity contribution in [2.75, 3.05) is 31.1 Å². The van der Waals surface area contributed by atoms with Crippen molar-refractivity contribution in [3.63, 3.8) is 0 Å². The Balaban J connectivity index is 1.16. The Morgan fingerprint density at radius 1 is 0.711 bits per heavy atom. The van der Waals surface area contributed by atoms with E-state index in [0.717, 1.165) is 34.1 Å². The molecule has 0 saturated carbocycles. The molecule has 8 heteroatoms. The van der Waals surface area contributed by atoms with Crippen molar-refractivity contribution < 1.29 is 14.7 Å². The van der Waals surface area contributed by atoms with Crippen molar-refractivity contribution in [2.24, 2.45) is 0 Å². The van der Waals surface area contributed by atoms with Gasteiger partial charge in [0.1, 0.15) is 5.76 Å². The number of anilines is 1. The first-order chi connectivity index (χ1) is 21.9. The van der Waals surface area contributed by atoms with E-state index in [0.29, 0.717) is 39.1 Å². The molecule has 1 saturated heterocycles. The summed E-state index contributed by atoms with van der Waals surface area (Å²) in [6.45, 7) is 2.19. The van der Waals surface area contributed by atoms with Gasteiger partial charge < -0.3 is 24.0 Å². The van der Waals surface area contributed by atoms with Crippen LogP contribution < -0.4 is 10.5 Å². The largest absolute Gasteiger partial charge is 0.507 e. The van der Waals surface area contributed by atoms with Crippen molar-refractivity contribution in [2.45, 2.75) is 13.0 Å². The first kappa shape index (κ1) is 29.4. The van der Waals surface area contributed by atoms with Crippen LogP contribution in [0.15, 0.2) is 133 Å². The SMILES string of the molecule is O=C(/C=C(/O)c1cc(Cc2ccccc2)cn(Cc2ccccc2)c1=O)C(=O)N1CCN(c2ccc(-n3cccc3)cc2)CC1. The van der Waals surface area contributed by atoms with Crippen molar-refractivity contribution in [1.82, 2.24) is 14.0 Å². The fourth-order valence-electron chi connectivity index (χ4n) is 5.64. The van der Waals surface area contributed by atoms with Gasteiger partial charge >= 0.3 is 0 Å². The third kappa shape index (κ3) is 6.96. The topological polar surface area (TPSA) is 87.8 Å². The molecule has 1 aliphatic rings. The van der Waals surface area contributed by atoms with Crippen LogP contribution >= 0.6 is 0 Å². The minimum absolute atomic E-state index is 0.0197. The maximum atomic E-state index is 13.5. The molecular formula is C37H34N4O4. The predicted octanol–water partition coefficient (Wildman–Crippen LogP) is 5.09. The Kier molecular flexibility index (Phi) is 8.73. The second kappa shape index (κ2) is 13.3. The molecule has 0 atom stereocenters. The summed E-state index contributed by atoms with van der Waals surface area (Å²) in [5.41, 5.74) is 4.40. The average molecular weight is 599 g/mol. The summed E-state index contributed by atoms with van der Waals surface area (Å²) in [5.74, 6) is -2.08. The van der Waals surface area contributed by atoms with Crippen LogP contribution in [0.5, 0.6) is 0 Å². The van der Waals surface area contributed by atoms with E-state index in [4.69, 9.17) is 0 Å². The molecule has 0 bridgehead atoms. The number of carbonyl (C=O) groups is 2. The number of rotatable bonds is 9. The summed E-state index contributed by atoms with van der Waals surface area (Å²) in [4.78, 5) is 43.3. The molecule has 6 rings (SSSR count). The number of hydrogen-bond donors (Lipinski definition) is 1. The van der Waals surface area contributed by atoms with E-state index in [1.807, 2.05) is 102 Å². The number of carbonyl (C=O) groups excluding carboxylic acids is 2. The van der Waals surface area contributed by atoms with Crippen molar-refractivity contribution in [1.29, 1.82) is 0 Å². The van der Waals surface area contributed by atoms with E-state index < -0.39 is 23.0 Å². The number of piperazine rings is 1. The number of nitrogens with zero attached hydrogens (tertiary/aromatic N) is 4. The average Bonchev–Trinajstić information content (AvgIpc) is 3.62. The first-order valence-corrected chi connectivity index (χ1v) is 15.0. The Morgan fingerprint density at radius 3 is 1.96 bits per heavy atom.